The van der Waals surface area contributed by atoms with E-state index in [9.17, 15) is 14.7 Å². The van der Waals surface area contributed by atoms with Crippen LogP contribution in [-0.4, -0.2) is 43.9 Å². The predicted octanol–water partition coefficient (Wildman–Crippen LogP) is 5.98. The number of aromatic nitrogens is 3. The number of nitrogen functional groups attached to an aromatic ring is 1. The first-order valence-corrected chi connectivity index (χ1v) is 12.8. The van der Waals surface area contributed by atoms with Crippen LogP contribution in [0.2, 0.25) is 0 Å². The van der Waals surface area contributed by atoms with Crippen LogP contribution in [0, 0.1) is 0 Å². The van der Waals surface area contributed by atoms with E-state index in [0.29, 0.717) is 29.6 Å². The van der Waals surface area contributed by atoms with Crippen LogP contribution >= 0.6 is 0 Å². The van der Waals surface area contributed by atoms with Crippen molar-refractivity contribution in [2.24, 2.45) is 0 Å². The van der Waals surface area contributed by atoms with E-state index < -0.39 is 17.7 Å². The summed E-state index contributed by atoms with van der Waals surface area (Å²) in [6, 6.07) is 17.9. The molecule has 0 aliphatic heterocycles. The number of pyridine rings is 1. The van der Waals surface area contributed by atoms with Crippen molar-refractivity contribution in [2.45, 2.75) is 52.2 Å². The van der Waals surface area contributed by atoms with Crippen LogP contribution in [0.1, 0.15) is 50.4 Å². The smallest absolute Gasteiger partial charge is 0.413 e. The second-order valence-corrected chi connectivity index (χ2v) is 10.1. The molecule has 0 aliphatic rings. The van der Waals surface area contributed by atoms with Gasteiger partial charge in [-0.25, -0.2) is 19.6 Å². The Morgan fingerprint density at radius 1 is 1.00 bits per heavy atom. The number of amides is 1. The normalized spacial score (nSPS) is 11.4. The van der Waals surface area contributed by atoms with E-state index in [4.69, 9.17) is 15.2 Å². The van der Waals surface area contributed by atoms with E-state index in [1.54, 1.807) is 26.8 Å². The lowest BCUT2D eigenvalue weighted by molar-refractivity contribution is 0.0632. The molecule has 204 valence electrons. The molecule has 0 bridgehead atoms. The average Bonchev–Trinajstić information content (AvgIpc) is 3.19. The lowest BCUT2D eigenvalue weighted by atomic mass is 10.1. The Balaban J connectivity index is 1.40. The maximum atomic E-state index is 12.3. The zero-order valence-corrected chi connectivity index (χ0v) is 22.3. The molecule has 4 N–H and O–H groups in total. The minimum atomic E-state index is -1.14. The maximum absolute atomic E-state index is 12.3. The summed E-state index contributed by atoms with van der Waals surface area (Å²) in [5, 5.41) is 12.1. The highest BCUT2D eigenvalue weighted by atomic mass is 16.6. The molecule has 0 saturated heterocycles. The number of imidazole rings is 1. The number of ether oxygens (including phenoxy) is 2. The summed E-state index contributed by atoms with van der Waals surface area (Å²) in [5.41, 5.74) is 8.25. The summed E-state index contributed by atoms with van der Waals surface area (Å²) >= 11 is 0. The third-order valence-electron chi connectivity index (χ3n) is 5.83. The highest BCUT2D eigenvalue weighted by Gasteiger charge is 2.19. The van der Waals surface area contributed by atoms with Crippen LogP contribution in [0.4, 0.5) is 16.6 Å². The summed E-state index contributed by atoms with van der Waals surface area (Å²) < 4.78 is 13.4. The summed E-state index contributed by atoms with van der Waals surface area (Å²) in [5.74, 6) is 0.00875. The topological polar surface area (TPSA) is 142 Å². The molecule has 10 heteroatoms. The molecule has 2 aromatic heterocycles. The molecule has 2 heterocycles. The molecule has 0 fully saturated rings. The predicted molar refractivity (Wildman–Crippen MR) is 150 cm³/mol. The number of aromatic carboxylic acids is 1. The van der Waals surface area contributed by atoms with Crippen LogP contribution in [0.5, 0.6) is 5.75 Å². The van der Waals surface area contributed by atoms with E-state index in [2.05, 4.69) is 15.3 Å². The number of carbonyl (C=O) groups excluding carboxylic acids is 1. The van der Waals surface area contributed by atoms with E-state index in [1.165, 1.54) is 12.1 Å². The van der Waals surface area contributed by atoms with Gasteiger partial charge in [0.25, 0.3) is 0 Å². The third kappa shape index (κ3) is 7.25. The molecule has 0 atom stereocenters. The zero-order chi connectivity index (χ0) is 28.0. The van der Waals surface area contributed by atoms with Crippen molar-refractivity contribution in [2.75, 3.05) is 17.7 Å². The fourth-order valence-electron chi connectivity index (χ4n) is 4.13. The van der Waals surface area contributed by atoms with Gasteiger partial charge < -0.3 is 24.9 Å². The van der Waals surface area contributed by atoms with Gasteiger partial charge in [0.05, 0.1) is 28.9 Å². The Morgan fingerprint density at radius 2 is 1.74 bits per heavy atom. The molecule has 39 heavy (non-hydrogen) atoms. The van der Waals surface area contributed by atoms with Gasteiger partial charge in [0, 0.05) is 12.1 Å². The number of nitrogens with zero attached hydrogens (tertiary/aromatic N) is 3. The molecule has 2 aromatic carbocycles. The highest BCUT2D eigenvalue weighted by Crippen LogP contribution is 2.31. The first kappa shape index (κ1) is 27.4. The standard InChI is InChI=1S/C29H33N5O5/c1-29(2,3)39-28(37)33-25-18-19(26(35)36)17-22(31-25)20-11-5-8-14-24(20)38-16-10-4-9-15-34-23-13-7-6-12-21(23)32-27(34)30/h5-8,11-14,17-18H,4,9-10,15-16H2,1-3H3,(H2,30,32)(H,35,36)(H,31,33,37). The number of aryl methyl sites for hydroxylation is 1. The van der Waals surface area contributed by atoms with Gasteiger partial charge in [-0.15, -0.1) is 0 Å². The van der Waals surface area contributed by atoms with E-state index in [0.717, 1.165) is 36.8 Å². The average molecular weight is 532 g/mol. The van der Waals surface area contributed by atoms with Crippen molar-refractivity contribution < 1.29 is 24.2 Å². The Hall–Kier alpha value is -4.60. The summed E-state index contributed by atoms with van der Waals surface area (Å²) in [4.78, 5) is 32.9. The lowest BCUT2D eigenvalue weighted by Gasteiger charge is -2.19. The van der Waals surface area contributed by atoms with Crippen molar-refractivity contribution in [3.8, 4) is 17.0 Å². The molecule has 1 amide bonds. The second kappa shape index (κ2) is 11.8. The molecular formula is C29H33N5O5. The number of carbonyl (C=O) groups is 2. The van der Waals surface area contributed by atoms with Gasteiger partial charge in [0.2, 0.25) is 5.95 Å². The minimum Gasteiger partial charge on any atom is -0.493 e. The van der Waals surface area contributed by atoms with E-state index in [1.807, 2.05) is 47.0 Å². The Labute approximate surface area is 226 Å². The van der Waals surface area contributed by atoms with Crippen LogP contribution in [-0.2, 0) is 11.3 Å². The first-order valence-electron chi connectivity index (χ1n) is 12.8. The number of rotatable bonds is 10. The Bertz CT molecular complexity index is 1470. The van der Waals surface area contributed by atoms with E-state index in [-0.39, 0.29) is 11.4 Å². The van der Waals surface area contributed by atoms with Crippen LogP contribution in [0.15, 0.2) is 60.7 Å². The number of carboxylic acid groups (broad SMARTS) is 1. The van der Waals surface area contributed by atoms with Gasteiger partial charge in [-0.1, -0.05) is 24.3 Å². The summed E-state index contributed by atoms with van der Waals surface area (Å²) in [6.45, 7) is 6.45. The van der Waals surface area contributed by atoms with Crippen molar-refractivity contribution in [1.82, 2.24) is 14.5 Å². The van der Waals surface area contributed by atoms with Crippen molar-refractivity contribution in [1.29, 1.82) is 0 Å². The largest absolute Gasteiger partial charge is 0.493 e. The number of benzene rings is 2. The molecule has 0 radical (unpaired) electrons. The lowest BCUT2D eigenvalue weighted by Crippen LogP contribution is -2.27. The van der Waals surface area contributed by atoms with Crippen molar-refractivity contribution in [3.63, 3.8) is 0 Å². The second-order valence-electron chi connectivity index (χ2n) is 10.1. The third-order valence-corrected chi connectivity index (χ3v) is 5.83. The summed E-state index contributed by atoms with van der Waals surface area (Å²) in [6.07, 6.45) is 1.93. The fourth-order valence-corrected chi connectivity index (χ4v) is 4.13. The van der Waals surface area contributed by atoms with Crippen LogP contribution in [0.25, 0.3) is 22.3 Å². The highest BCUT2D eigenvalue weighted by molar-refractivity contribution is 5.92. The van der Waals surface area contributed by atoms with Crippen LogP contribution in [0.3, 0.4) is 0 Å². The molecule has 4 aromatic rings. The minimum absolute atomic E-state index is 0.0211. The number of nitrogens with one attached hydrogen (secondary N) is 1. The molecule has 0 unspecified atom stereocenters. The van der Waals surface area contributed by atoms with Gasteiger partial charge in [0.1, 0.15) is 17.2 Å². The van der Waals surface area contributed by atoms with Crippen LogP contribution < -0.4 is 15.8 Å². The SMILES string of the molecule is CC(C)(C)OC(=O)Nc1cc(C(=O)O)cc(-c2ccccc2OCCCCCn2c(N)nc3ccccc32)n1. The quantitative estimate of drug-likeness (QED) is 0.212. The molecule has 4 rings (SSSR count). The molecule has 10 nitrogen and oxygen atoms in total. The maximum Gasteiger partial charge on any atom is 0.413 e. The Morgan fingerprint density at radius 3 is 2.51 bits per heavy atom. The van der Waals surface area contributed by atoms with Gasteiger partial charge >= 0.3 is 12.1 Å². The van der Waals surface area contributed by atoms with Gasteiger partial charge in [-0.05, 0) is 76.4 Å². The number of unbranched alkanes of at least 4 members (excludes halogenated alkanes) is 2. The van der Waals surface area contributed by atoms with Crippen molar-refractivity contribution >= 4 is 34.9 Å². The fraction of sp³-hybridized carbons (Fsp3) is 0.310. The number of carboxylic acids is 1. The van der Waals surface area contributed by atoms with E-state index >= 15 is 0 Å². The Kier molecular flexibility index (Phi) is 8.33. The summed E-state index contributed by atoms with van der Waals surface area (Å²) in [7, 11) is 0. The van der Waals surface area contributed by atoms with Gasteiger partial charge in [0.15, 0.2) is 0 Å². The number of hydrogen-bond donors (Lipinski definition) is 3. The number of hydrogen-bond acceptors (Lipinski definition) is 7. The monoisotopic (exact) mass is 531 g/mol. The number of anilines is 2. The molecular weight excluding hydrogens is 498 g/mol. The van der Waals surface area contributed by atoms with Gasteiger partial charge in [-0.2, -0.15) is 0 Å². The molecule has 0 saturated carbocycles. The molecule has 0 aliphatic carbocycles. The number of fused-ring (bicyclic) bond motifs is 1. The van der Waals surface area contributed by atoms with Crippen molar-refractivity contribution in [3.05, 3.63) is 66.2 Å². The first-order chi connectivity index (χ1) is 18.6. The number of para-hydroxylation sites is 3. The zero-order valence-electron chi connectivity index (χ0n) is 22.3. The van der Waals surface area contributed by atoms with Gasteiger partial charge in [-0.3, -0.25) is 5.32 Å². The molecule has 0 spiro atoms. The number of nitrogens with two attached hydrogens (primary N) is 1.